The second-order valence-electron chi connectivity index (χ2n) is 4.78. The van der Waals surface area contributed by atoms with Crippen molar-refractivity contribution < 1.29 is 27.5 Å². The van der Waals surface area contributed by atoms with Gasteiger partial charge in [0.15, 0.2) is 0 Å². The number of nitrogens with zero attached hydrogens (tertiary/aromatic N) is 1. The minimum Gasteiger partial charge on any atom is -0.480 e. The van der Waals surface area contributed by atoms with Gasteiger partial charge in [0.2, 0.25) is 0 Å². The minimum atomic E-state index is -4.48. The van der Waals surface area contributed by atoms with Gasteiger partial charge in [-0.2, -0.15) is 13.2 Å². The van der Waals surface area contributed by atoms with E-state index in [1.54, 1.807) is 30.3 Å². The first-order chi connectivity index (χ1) is 9.76. The number of carboxylic acids is 1. The maximum Gasteiger partial charge on any atom is 0.401 e. The number of hydrogen-bond donors (Lipinski definition) is 1. The molecule has 0 aliphatic carbocycles. The zero-order valence-corrected chi connectivity index (χ0v) is 11.2. The van der Waals surface area contributed by atoms with Crippen molar-refractivity contribution in [3.8, 4) is 0 Å². The van der Waals surface area contributed by atoms with Crippen molar-refractivity contribution in [1.82, 2.24) is 4.90 Å². The van der Waals surface area contributed by atoms with E-state index in [0.29, 0.717) is 11.3 Å². The molecule has 0 fully saturated rings. The Labute approximate surface area is 118 Å². The summed E-state index contributed by atoms with van der Waals surface area (Å²) < 4.78 is 43.2. The molecule has 4 nitrogen and oxygen atoms in total. The summed E-state index contributed by atoms with van der Waals surface area (Å²) in [4.78, 5) is 11.6. The van der Waals surface area contributed by atoms with Crippen molar-refractivity contribution >= 4 is 16.9 Å². The standard InChI is InChI=1S/C14H14F3NO3/c1-9(18(7-13(19)20)8-14(15,16)17)12-6-10-4-2-3-5-11(10)21-12/h2-6,9H,7-8H2,1H3,(H,19,20). The van der Waals surface area contributed by atoms with Crippen molar-refractivity contribution in [2.75, 3.05) is 13.1 Å². The van der Waals surface area contributed by atoms with Crippen LogP contribution in [0.15, 0.2) is 34.7 Å². The smallest absolute Gasteiger partial charge is 0.401 e. The number of furan rings is 1. The first kappa shape index (κ1) is 15.4. The summed E-state index contributed by atoms with van der Waals surface area (Å²) in [6.07, 6.45) is -4.48. The van der Waals surface area contributed by atoms with Crippen LogP contribution in [0.3, 0.4) is 0 Å². The van der Waals surface area contributed by atoms with Crippen LogP contribution in [-0.4, -0.2) is 35.2 Å². The number of aliphatic carboxylic acids is 1. The number of carbonyl (C=O) groups is 1. The van der Waals surface area contributed by atoms with Crippen molar-refractivity contribution in [3.05, 3.63) is 36.1 Å². The normalized spacial score (nSPS) is 13.8. The fraction of sp³-hybridized carbons (Fsp3) is 0.357. The molecular formula is C14H14F3NO3. The van der Waals surface area contributed by atoms with Crippen LogP contribution in [0.2, 0.25) is 0 Å². The molecule has 0 saturated carbocycles. The van der Waals surface area contributed by atoms with Crippen LogP contribution in [0.4, 0.5) is 13.2 Å². The van der Waals surface area contributed by atoms with E-state index in [1.165, 1.54) is 6.92 Å². The number of halogens is 3. The highest BCUT2D eigenvalue weighted by Gasteiger charge is 2.34. The van der Waals surface area contributed by atoms with Gasteiger partial charge in [0.1, 0.15) is 11.3 Å². The molecule has 0 spiro atoms. The van der Waals surface area contributed by atoms with Crippen LogP contribution in [0.1, 0.15) is 18.7 Å². The zero-order valence-electron chi connectivity index (χ0n) is 11.2. The van der Waals surface area contributed by atoms with Gasteiger partial charge in [-0.15, -0.1) is 0 Å². The topological polar surface area (TPSA) is 53.7 Å². The highest BCUT2D eigenvalue weighted by Crippen LogP contribution is 2.29. The molecule has 0 aliphatic heterocycles. The number of benzene rings is 1. The predicted octanol–water partition coefficient (Wildman–Crippen LogP) is 3.44. The fourth-order valence-corrected chi connectivity index (χ4v) is 2.12. The molecule has 7 heteroatoms. The molecule has 114 valence electrons. The molecule has 0 amide bonds. The molecule has 1 unspecified atom stereocenters. The lowest BCUT2D eigenvalue weighted by atomic mass is 10.2. The first-order valence-corrected chi connectivity index (χ1v) is 6.27. The molecule has 2 rings (SSSR count). The summed E-state index contributed by atoms with van der Waals surface area (Å²) in [7, 11) is 0. The second-order valence-corrected chi connectivity index (χ2v) is 4.78. The molecule has 0 radical (unpaired) electrons. The van der Waals surface area contributed by atoms with Crippen LogP contribution >= 0.6 is 0 Å². The largest absolute Gasteiger partial charge is 0.480 e. The van der Waals surface area contributed by atoms with E-state index in [9.17, 15) is 18.0 Å². The third-order valence-corrected chi connectivity index (χ3v) is 3.12. The van der Waals surface area contributed by atoms with E-state index >= 15 is 0 Å². The van der Waals surface area contributed by atoms with Gasteiger partial charge in [0.25, 0.3) is 0 Å². The quantitative estimate of drug-likeness (QED) is 0.919. The van der Waals surface area contributed by atoms with Crippen molar-refractivity contribution in [2.45, 2.75) is 19.1 Å². The third-order valence-electron chi connectivity index (χ3n) is 3.12. The highest BCUT2D eigenvalue weighted by atomic mass is 19.4. The maximum atomic E-state index is 12.6. The molecule has 1 aromatic heterocycles. The predicted molar refractivity (Wildman–Crippen MR) is 69.9 cm³/mol. The van der Waals surface area contributed by atoms with E-state index in [-0.39, 0.29) is 0 Å². The molecule has 21 heavy (non-hydrogen) atoms. The number of fused-ring (bicyclic) bond motifs is 1. The van der Waals surface area contributed by atoms with E-state index in [2.05, 4.69) is 0 Å². The summed E-state index contributed by atoms with van der Waals surface area (Å²) in [6.45, 7) is -0.526. The molecule has 1 aromatic carbocycles. The average molecular weight is 301 g/mol. The van der Waals surface area contributed by atoms with Gasteiger partial charge in [-0.25, -0.2) is 0 Å². The molecule has 0 saturated heterocycles. The Hall–Kier alpha value is -2.02. The van der Waals surface area contributed by atoms with E-state index in [0.717, 1.165) is 10.3 Å². The van der Waals surface area contributed by atoms with Crippen LogP contribution in [0, 0.1) is 0 Å². The van der Waals surface area contributed by atoms with Crippen LogP contribution < -0.4 is 0 Å². The SMILES string of the molecule is CC(c1cc2ccccc2o1)N(CC(=O)O)CC(F)(F)F. The van der Waals surface area contributed by atoms with Crippen LogP contribution in [0.5, 0.6) is 0 Å². The molecule has 1 atom stereocenters. The molecule has 0 aliphatic rings. The van der Waals surface area contributed by atoms with Gasteiger partial charge in [-0.3, -0.25) is 9.69 Å². The number of alkyl halides is 3. The van der Waals surface area contributed by atoms with Gasteiger partial charge < -0.3 is 9.52 Å². The van der Waals surface area contributed by atoms with Crippen molar-refractivity contribution in [2.24, 2.45) is 0 Å². The highest BCUT2D eigenvalue weighted by molar-refractivity contribution is 5.77. The van der Waals surface area contributed by atoms with Crippen LogP contribution in [0.25, 0.3) is 11.0 Å². The Kier molecular flexibility index (Phi) is 4.22. The maximum absolute atomic E-state index is 12.6. The fourth-order valence-electron chi connectivity index (χ4n) is 2.12. The summed E-state index contributed by atoms with van der Waals surface area (Å²) in [6, 6.07) is 7.86. The monoisotopic (exact) mass is 301 g/mol. The van der Waals surface area contributed by atoms with Crippen molar-refractivity contribution in [3.63, 3.8) is 0 Å². The zero-order chi connectivity index (χ0) is 15.6. The lowest BCUT2D eigenvalue weighted by Gasteiger charge is -2.26. The Morgan fingerprint density at radius 2 is 2.05 bits per heavy atom. The number of para-hydroxylation sites is 1. The van der Waals surface area contributed by atoms with E-state index in [4.69, 9.17) is 9.52 Å². The number of carboxylic acid groups (broad SMARTS) is 1. The van der Waals surface area contributed by atoms with E-state index < -0.39 is 31.3 Å². The minimum absolute atomic E-state index is 0.307. The van der Waals surface area contributed by atoms with Gasteiger partial charge >= 0.3 is 12.1 Å². The molecule has 1 heterocycles. The second kappa shape index (κ2) is 5.77. The molecule has 2 aromatic rings. The summed E-state index contributed by atoms with van der Waals surface area (Å²) in [5.41, 5.74) is 0.557. The lowest BCUT2D eigenvalue weighted by Crippen LogP contribution is -2.39. The third kappa shape index (κ3) is 3.98. The first-order valence-electron chi connectivity index (χ1n) is 6.27. The van der Waals surface area contributed by atoms with Gasteiger partial charge in [0, 0.05) is 5.39 Å². The number of rotatable bonds is 5. The van der Waals surface area contributed by atoms with E-state index in [1.807, 2.05) is 0 Å². The molecule has 1 N–H and O–H groups in total. The Morgan fingerprint density at radius 1 is 1.38 bits per heavy atom. The summed E-state index contributed by atoms with van der Waals surface area (Å²) >= 11 is 0. The van der Waals surface area contributed by atoms with Crippen molar-refractivity contribution in [1.29, 1.82) is 0 Å². The average Bonchev–Trinajstić information content (AvgIpc) is 2.78. The van der Waals surface area contributed by atoms with Gasteiger partial charge in [0.05, 0.1) is 19.1 Å². The number of hydrogen-bond acceptors (Lipinski definition) is 3. The molecular weight excluding hydrogens is 287 g/mol. The van der Waals surface area contributed by atoms with Crippen LogP contribution in [-0.2, 0) is 4.79 Å². The van der Waals surface area contributed by atoms with Gasteiger partial charge in [-0.1, -0.05) is 18.2 Å². The Morgan fingerprint density at radius 3 is 2.62 bits per heavy atom. The summed E-state index contributed by atoms with van der Waals surface area (Å²) in [5.74, 6) is -1.01. The molecule has 0 bridgehead atoms. The lowest BCUT2D eigenvalue weighted by molar-refractivity contribution is -0.158. The summed E-state index contributed by atoms with van der Waals surface area (Å²) in [5, 5.41) is 9.54. The Bertz CT molecular complexity index is 603. The Balaban J connectivity index is 2.27. The van der Waals surface area contributed by atoms with Gasteiger partial charge in [-0.05, 0) is 19.1 Å².